The highest BCUT2D eigenvalue weighted by Gasteiger charge is 2.21. The van der Waals surface area contributed by atoms with Crippen LogP contribution in [0.2, 0.25) is 0 Å². The lowest BCUT2D eigenvalue weighted by atomic mass is 10.4. The molecule has 0 bridgehead atoms. The Morgan fingerprint density at radius 3 is 2.71 bits per heavy atom. The van der Waals surface area contributed by atoms with E-state index in [4.69, 9.17) is 20.8 Å². The molecule has 7 heteroatoms. The summed E-state index contributed by atoms with van der Waals surface area (Å²) in [6.07, 6.45) is -0.190. The molecule has 1 aromatic heterocycles. The minimum absolute atomic E-state index is 0.122. The van der Waals surface area contributed by atoms with Gasteiger partial charge in [0.25, 0.3) is 0 Å². The van der Waals surface area contributed by atoms with Gasteiger partial charge in [0, 0.05) is 19.7 Å². The molecule has 0 radical (unpaired) electrons. The quantitative estimate of drug-likeness (QED) is 0.805. The van der Waals surface area contributed by atoms with E-state index in [-0.39, 0.29) is 23.4 Å². The fourth-order valence-electron chi connectivity index (χ4n) is 1.25. The maximum absolute atomic E-state index is 11.9. The molecule has 1 N–H and O–H groups in total. The van der Waals surface area contributed by atoms with Crippen molar-refractivity contribution in [2.75, 3.05) is 13.7 Å². The molecular formula is C10H16ClNO4S. The zero-order chi connectivity index (χ0) is 13.1. The number of sulfonamides is 1. The maximum atomic E-state index is 11.9. The van der Waals surface area contributed by atoms with E-state index < -0.39 is 10.0 Å². The van der Waals surface area contributed by atoms with Gasteiger partial charge < -0.3 is 9.15 Å². The van der Waals surface area contributed by atoms with Crippen LogP contribution in [0.1, 0.15) is 18.4 Å². The number of rotatable bonds is 6. The predicted octanol–water partition coefficient (Wildman–Crippen LogP) is 1.64. The molecule has 1 aromatic rings. The van der Waals surface area contributed by atoms with Crippen LogP contribution in [-0.2, 0) is 20.6 Å². The number of methoxy groups -OCH3 is 1. The van der Waals surface area contributed by atoms with Gasteiger partial charge in [-0.15, -0.1) is 11.6 Å². The van der Waals surface area contributed by atoms with E-state index in [1.165, 1.54) is 13.2 Å². The number of hydrogen-bond donors (Lipinski definition) is 1. The zero-order valence-corrected chi connectivity index (χ0v) is 11.6. The second-order valence-corrected chi connectivity index (χ2v) is 5.67. The predicted molar refractivity (Wildman–Crippen MR) is 64.7 cm³/mol. The van der Waals surface area contributed by atoms with Gasteiger partial charge in [0.05, 0.1) is 12.0 Å². The second-order valence-electron chi connectivity index (χ2n) is 3.66. The van der Waals surface area contributed by atoms with E-state index in [9.17, 15) is 8.42 Å². The molecule has 0 aliphatic rings. The summed E-state index contributed by atoms with van der Waals surface area (Å²) in [5.41, 5.74) is 0. The Kier molecular flexibility index (Phi) is 5.00. The third kappa shape index (κ3) is 3.70. The monoisotopic (exact) mass is 281 g/mol. The highest BCUT2D eigenvalue weighted by Crippen LogP contribution is 2.20. The Morgan fingerprint density at radius 2 is 2.24 bits per heavy atom. The lowest BCUT2D eigenvalue weighted by molar-refractivity contribution is 0.122. The highest BCUT2D eigenvalue weighted by molar-refractivity contribution is 7.89. The van der Waals surface area contributed by atoms with E-state index in [1.807, 2.05) is 0 Å². The molecule has 0 aromatic carbocycles. The van der Waals surface area contributed by atoms with Gasteiger partial charge in [0.15, 0.2) is 0 Å². The first-order valence-electron chi connectivity index (χ1n) is 5.08. The molecule has 5 nitrogen and oxygen atoms in total. The summed E-state index contributed by atoms with van der Waals surface area (Å²) in [6.45, 7) is 3.57. The minimum atomic E-state index is -3.57. The number of nitrogens with one attached hydrogen (secondary N) is 1. The molecule has 0 spiro atoms. The molecular weight excluding hydrogens is 266 g/mol. The fourth-order valence-corrected chi connectivity index (χ4v) is 2.69. The van der Waals surface area contributed by atoms with Crippen LogP contribution in [0.5, 0.6) is 0 Å². The third-order valence-corrected chi connectivity index (χ3v) is 4.10. The smallest absolute Gasteiger partial charge is 0.244 e. The summed E-state index contributed by atoms with van der Waals surface area (Å²) in [5, 5.41) is 0. The van der Waals surface area contributed by atoms with Crippen molar-refractivity contribution in [1.29, 1.82) is 0 Å². The molecule has 0 amide bonds. The molecule has 17 heavy (non-hydrogen) atoms. The average Bonchev–Trinajstić information content (AvgIpc) is 2.68. The summed E-state index contributed by atoms with van der Waals surface area (Å²) in [5.74, 6) is 0.910. The first-order valence-corrected chi connectivity index (χ1v) is 7.10. The number of aryl methyl sites for hydroxylation is 1. The van der Waals surface area contributed by atoms with Crippen molar-refractivity contribution in [3.8, 4) is 0 Å². The van der Waals surface area contributed by atoms with Crippen LogP contribution in [0, 0.1) is 6.92 Å². The van der Waals surface area contributed by atoms with Crippen LogP contribution in [0.3, 0.4) is 0 Å². The summed E-state index contributed by atoms with van der Waals surface area (Å²) < 4.78 is 36.5. The first kappa shape index (κ1) is 14.5. The van der Waals surface area contributed by atoms with E-state index in [0.717, 1.165) is 0 Å². The van der Waals surface area contributed by atoms with E-state index >= 15 is 0 Å². The molecule has 0 saturated carbocycles. The Labute approximate surface area is 106 Å². The Morgan fingerprint density at radius 1 is 1.59 bits per heavy atom. The molecule has 0 aliphatic carbocycles. The van der Waals surface area contributed by atoms with Gasteiger partial charge in [0.2, 0.25) is 10.0 Å². The fraction of sp³-hybridized carbons (Fsp3) is 0.600. The van der Waals surface area contributed by atoms with E-state index in [2.05, 4.69) is 4.72 Å². The summed E-state index contributed by atoms with van der Waals surface area (Å²) in [4.78, 5) is 0.122. The standard InChI is InChI=1S/C10H16ClNO4S/c1-7(15-3)6-12-17(13,14)10-4-9(5-11)16-8(10)2/h4,7,12H,5-6H2,1-3H3. The molecule has 0 fully saturated rings. The van der Waals surface area contributed by atoms with Crippen molar-refractivity contribution in [3.05, 3.63) is 17.6 Å². The van der Waals surface area contributed by atoms with Gasteiger partial charge >= 0.3 is 0 Å². The van der Waals surface area contributed by atoms with Gasteiger partial charge in [-0.3, -0.25) is 0 Å². The average molecular weight is 282 g/mol. The van der Waals surface area contributed by atoms with Crippen LogP contribution in [0.15, 0.2) is 15.4 Å². The molecule has 1 rings (SSSR count). The lowest BCUT2D eigenvalue weighted by Gasteiger charge is -2.10. The van der Waals surface area contributed by atoms with Crippen LogP contribution >= 0.6 is 11.6 Å². The van der Waals surface area contributed by atoms with Crippen molar-refractivity contribution in [3.63, 3.8) is 0 Å². The number of ether oxygens (including phenoxy) is 1. The largest absolute Gasteiger partial charge is 0.464 e. The first-order chi connectivity index (χ1) is 7.90. The van der Waals surface area contributed by atoms with Gasteiger partial charge in [-0.2, -0.15) is 0 Å². The van der Waals surface area contributed by atoms with E-state index in [1.54, 1.807) is 13.8 Å². The second kappa shape index (κ2) is 5.86. The number of hydrogen-bond acceptors (Lipinski definition) is 4. The van der Waals surface area contributed by atoms with Gasteiger partial charge in [-0.1, -0.05) is 0 Å². The normalized spacial score (nSPS) is 13.9. The van der Waals surface area contributed by atoms with Gasteiger partial charge in [0.1, 0.15) is 16.4 Å². The summed E-state index contributed by atoms with van der Waals surface area (Å²) >= 11 is 5.58. The van der Waals surface area contributed by atoms with Crippen LogP contribution < -0.4 is 4.72 Å². The van der Waals surface area contributed by atoms with Gasteiger partial charge in [-0.25, -0.2) is 13.1 Å². The highest BCUT2D eigenvalue weighted by atomic mass is 35.5. The maximum Gasteiger partial charge on any atom is 0.244 e. The molecule has 98 valence electrons. The van der Waals surface area contributed by atoms with Crippen molar-refractivity contribution < 1.29 is 17.6 Å². The lowest BCUT2D eigenvalue weighted by Crippen LogP contribution is -2.31. The van der Waals surface area contributed by atoms with Crippen LogP contribution in [0.25, 0.3) is 0 Å². The molecule has 0 saturated heterocycles. The van der Waals surface area contributed by atoms with Crippen LogP contribution in [0.4, 0.5) is 0 Å². The van der Waals surface area contributed by atoms with Crippen molar-refractivity contribution in [2.45, 2.75) is 30.7 Å². The molecule has 1 unspecified atom stereocenters. The number of furan rings is 1. The third-order valence-electron chi connectivity index (χ3n) is 2.31. The zero-order valence-electron chi connectivity index (χ0n) is 9.99. The minimum Gasteiger partial charge on any atom is -0.464 e. The van der Waals surface area contributed by atoms with E-state index in [0.29, 0.717) is 11.5 Å². The SMILES string of the molecule is COC(C)CNS(=O)(=O)c1cc(CCl)oc1C. The number of alkyl halides is 1. The van der Waals surface area contributed by atoms with Crippen molar-refractivity contribution >= 4 is 21.6 Å². The topological polar surface area (TPSA) is 68.5 Å². The molecule has 1 atom stereocenters. The summed E-state index contributed by atoms with van der Waals surface area (Å²) in [7, 11) is -2.05. The Bertz CT molecular complexity index is 469. The van der Waals surface area contributed by atoms with Crippen molar-refractivity contribution in [2.24, 2.45) is 0 Å². The molecule has 1 heterocycles. The van der Waals surface area contributed by atoms with Crippen LogP contribution in [-0.4, -0.2) is 28.2 Å². The van der Waals surface area contributed by atoms with Crippen molar-refractivity contribution in [1.82, 2.24) is 4.72 Å². The number of halogens is 1. The Hall–Kier alpha value is -0.560. The Balaban J connectivity index is 2.85. The summed E-state index contributed by atoms with van der Waals surface area (Å²) in [6, 6.07) is 1.43. The van der Waals surface area contributed by atoms with Gasteiger partial charge in [-0.05, 0) is 13.8 Å². The molecule has 0 aliphatic heterocycles.